The number of carboxylic acid groups (broad SMARTS) is 2. The van der Waals surface area contributed by atoms with Crippen LogP contribution in [0.25, 0.3) is 33.4 Å². The fraction of sp³-hybridized carbons (Fsp3) is 0. The van der Waals surface area contributed by atoms with Crippen LogP contribution in [0.3, 0.4) is 0 Å². The molecular weight excluding hydrogens is 376 g/mol. The molecule has 0 aromatic heterocycles. The van der Waals surface area contributed by atoms with Crippen molar-refractivity contribution < 1.29 is 19.8 Å². The zero-order chi connectivity index (χ0) is 21.1. The van der Waals surface area contributed by atoms with Crippen molar-refractivity contribution in [3.05, 3.63) is 108 Å². The molecule has 0 saturated heterocycles. The van der Waals surface area contributed by atoms with Crippen molar-refractivity contribution in [2.45, 2.75) is 0 Å². The fourth-order valence-corrected chi connectivity index (χ4v) is 3.63. The van der Waals surface area contributed by atoms with Crippen LogP contribution in [-0.4, -0.2) is 22.2 Å². The van der Waals surface area contributed by atoms with Gasteiger partial charge in [-0.25, -0.2) is 9.59 Å². The number of rotatable bonds is 5. The Morgan fingerprint density at radius 3 is 1.57 bits per heavy atom. The lowest BCUT2D eigenvalue weighted by atomic mass is 9.87. The first-order valence-electron chi connectivity index (χ1n) is 9.41. The van der Waals surface area contributed by atoms with E-state index in [4.69, 9.17) is 0 Å². The molecule has 4 aromatic carbocycles. The number of carboxylic acids is 2. The molecule has 0 amide bonds. The number of hydrogen-bond donors (Lipinski definition) is 2. The predicted octanol–water partition coefficient (Wildman–Crippen LogP) is 6.08. The summed E-state index contributed by atoms with van der Waals surface area (Å²) in [4.78, 5) is 23.2. The lowest BCUT2D eigenvalue weighted by molar-refractivity contribution is 0.0696. The van der Waals surface area contributed by atoms with Crippen molar-refractivity contribution in [1.82, 2.24) is 0 Å². The third-order valence-electron chi connectivity index (χ3n) is 5.02. The smallest absolute Gasteiger partial charge is 0.336 e. The van der Waals surface area contributed by atoms with Crippen molar-refractivity contribution in [3.8, 4) is 33.4 Å². The van der Waals surface area contributed by atoms with Gasteiger partial charge in [0.2, 0.25) is 0 Å². The minimum atomic E-state index is -1.17. The Hall–Kier alpha value is -4.18. The molecule has 4 heteroatoms. The van der Waals surface area contributed by atoms with Gasteiger partial charge in [0.05, 0.1) is 11.1 Å². The molecule has 0 aliphatic rings. The highest BCUT2D eigenvalue weighted by Gasteiger charge is 2.19. The monoisotopic (exact) mass is 394 g/mol. The molecule has 0 fully saturated rings. The van der Waals surface area contributed by atoms with Gasteiger partial charge in [-0.2, -0.15) is 0 Å². The van der Waals surface area contributed by atoms with Crippen molar-refractivity contribution in [2.75, 3.05) is 0 Å². The maximum atomic E-state index is 11.9. The van der Waals surface area contributed by atoms with Crippen LogP contribution >= 0.6 is 0 Å². The van der Waals surface area contributed by atoms with Gasteiger partial charge in [-0.1, -0.05) is 84.9 Å². The second kappa shape index (κ2) is 8.05. The Labute approximate surface area is 173 Å². The Balaban J connectivity index is 1.96. The van der Waals surface area contributed by atoms with Crippen molar-refractivity contribution in [2.24, 2.45) is 0 Å². The van der Waals surface area contributed by atoms with Gasteiger partial charge in [-0.05, 0) is 45.5 Å². The number of carbonyl (C=O) groups is 2. The molecule has 146 valence electrons. The average Bonchev–Trinajstić information content (AvgIpc) is 2.79. The van der Waals surface area contributed by atoms with Crippen LogP contribution in [0.5, 0.6) is 0 Å². The summed E-state index contributed by atoms with van der Waals surface area (Å²) in [7, 11) is 0. The van der Waals surface area contributed by atoms with E-state index in [0.29, 0.717) is 5.56 Å². The van der Waals surface area contributed by atoms with Gasteiger partial charge in [0.15, 0.2) is 0 Å². The average molecular weight is 394 g/mol. The first kappa shape index (κ1) is 19.2. The van der Waals surface area contributed by atoms with Gasteiger partial charge >= 0.3 is 11.9 Å². The molecule has 0 saturated carbocycles. The van der Waals surface area contributed by atoms with Crippen LogP contribution in [0.15, 0.2) is 97.1 Å². The van der Waals surface area contributed by atoms with E-state index in [-0.39, 0.29) is 11.1 Å². The van der Waals surface area contributed by atoms with Gasteiger partial charge in [0, 0.05) is 0 Å². The molecule has 4 rings (SSSR count). The lowest BCUT2D eigenvalue weighted by Gasteiger charge is -2.16. The molecule has 4 aromatic rings. The first-order valence-corrected chi connectivity index (χ1v) is 9.41. The summed E-state index contributed by atoms with van der Waals surface area (Å²) >= 11 is 0. The maximum absolute atomic E-state index is 11.9. The molecule has 0 heterocycles. The largest absolute Gasteiger partial charge is 0.478 e. The summed E-state index contributed by atoms with van der Waals surface area (Å²) in [5, 5.41) is 19.0. The Kier molecular flexibility index (Phi) is 5.14. The van der Waals surface area contributed by atoms with E-state index in [0.717, 1.165) is 27.8 Å². The van der Waals surface area contributed by atoms with Gasteiger partial charge in [-0.3, -0.25) is 0 Å². The molecule has 0 unspecified atom stereocenters. The zero-order valence-electron chi connectivity index (χ0n) is 15.9. The summed E-state index contributed by atoms with van der Waals surface area (Å²) in [5.41, 5.74) is 5.05. The maximum Gasteiger partial charge on any atom is 0.336 e. The topological polar surface area (TPSA) is 74.6 Å². The predicted molar refractivity (Wildman–Crippen MR) is 117 cm³/mol. The first-order chi connectivity index (χ1) is 14.6. The van der Waals surface area contributed by atoms with Gasteiger partial charge in [-0.15, -0.1) is 0 Å². The minimum Gasteiger partial charge on any atom is -0.478 e. The molecule has 0 radical (unpaired) electrons. The summed E-state index contributed by atoms with van der Waals surface area (Å²) in [6, 6.07) is 29.7. The molecule has 0 spiro atoms. The van der Waals surface area contributed by atoms with Crippen LogP contribution in [0.1, 0.15) is 20.7 Å². The molecule has 2 N–H and O–H groups in total. The van der Waals surface area contributed by atoms with E-state index in [9.17, 15) is 19.8 Å². The van der Waals surface area contributed by atoms with Crippen LogP contribution in [0.2, 0.25) is 0 Å². The molecule has 0 aliphatic carbocycles. The third kappa shape index (κ3) is 3.59. The highest BCUT2D eigenvalue weighted by Crippen LogP contribution is 2.39. The SMILES string of the molecule is O=C(O)c1ccc(-c2ccccc2-c2ccccc2-c2ccccc2)c(C(=O)O)c1. The Bertz CT molecular complexity index is 1240. The van der Waals surface area contributed by atoms with Crippen molar-refractivity contribution in [3.63, 3.8) is 0 Å². The van der Waals surface area contributed by atoms with E-state index in [1.807, 2.05) is 78.9 Å². The van der Waals surface area contributed by atoms with Crippen molar-refractivity contribution in [1.29, 1.82) is 0 Å². The lowest BCUT2D eigenvalue weighted by Crippen LogP contribution is -2.04. The van der Waals surface area contributed by atoms with E-state index in [2.05, 4.69) is 0 Å². The minimum absolute atomic E-state index is 0.0421. The standard InChI is InChI=1S/C26H18O4/c27-25(28)18-14-15-23(24(16-18)26(29)30)22-13-7-6-12-21(22)20-11-5-4-10-19(20)17-8-2-1-3-9-17/h1-16H,(H,27,28)(H,29,30). The second-order valence-corrected chi connectivity index (χ2v) is 6.83. The second-order valence-electron chi connectivity index (χ2n) is 6.83. The van der Waals surface area contributed by atoms with E-state index < -0.39 is 11.9 Å². The van der Waals surface area contributed by atoms with Crippen LogP contribution in [0, 0.1) is 0 Å². The van der Waals surface area contributed by atoms with Crippen molar-refractivity contribution >= 4 is 11.9 Å². The fourth-order valence-electron chi connectivity index (χ4n) is 3.63. The summed E-state index contributed by atoms with van der Waals surface area (Å²) < 4.78 is 0. The molecular formula is C26H18O4. The Morgan fingerprint density at radius 1 is 0.500 bits per heavy atom. The summed E-state index contributed by atoms with van der Waals surface area (Å²) in [6.07, 6.45) is 0. The molecule has 30 heavy (non-hydrogen) atoms. The molecule has 0 aliphatic heterocycles. The van der Waals surface area contributed by atoms with Gasteiger partial charge in [0.1, 0.15) is 0 Å². The number of hydrogen-bond acceptors (Lipinski definition) is 2. The molecule has 4 nitrogen and oxygen atoms in total. The van der Waals surface area contributed by atoms with Crippen LogP contribution < -0.4 is 0 Å². The van der Waals surface area contributed by atoms with Crippen LogP contribution in [0.4, 0.5) is 0 Å². The highest BCUT2D eigenvalue weighted by atomic mass is 16.4. The zero-order valence-corrected chi connectivity index (χ0v) is 15.9. The highest BCUT2D eigenvalue weighted by molar-refractivity contribution is 6.02. The van der Waals surface area contributed by atoms with E-state index in [1.165, 1.54) is 12.1 Å². The quantitative estimate of drug-likeness (QED) is 0.430. The van der Waals surface area contributed by atoms with E-state index >= 15 is 0 Å². The third-order valence-corrected chi connectivity index (χ3v) is 5.02. The normalized spacial score (nSPS) is 10.5. The van der Waals surface area contributed by atoms with Crippen LogP contribution in [-0.2, 0) is 0 Å². The van der Waals surface area contributed by atoms with Gasteiger partial charge in [0.25, 0.3) is 0 Å². The molecule has 0 atom stereocenters. The number of aromatic carboxylic acids is 2. The van der Waals surface area contributed by atoms with E-state index in [1.54, 1.807) is 6.07 Å². The van der Waals surface area contributed by atoms with Gasteiger partial charge < -0.3 is 10.2 Å². The molecule has 0 bridgehead atoms. The Morgan fingerprint density at radius 2 is 1.00 bits per heavy atom. The summed E-state index contributed by atoms with van der Waals surface area (Å²) in [5.74, 6) is -2.33. The summed E-state index contributed by atoms with van der Waals surface area (Å²) in [6.45, 7) is 0. The number of benzene rings is 4.